The molecule has 2 aliphatic rings. The van der Waals surface area contributed by atoms with Crippen molar-refractivity contribution in [3.63, 3.8) is 0 Å². The van der Waals surface area contributed by atoms with Gasteiger partial charge in [0.1, 0.15) is 11.9 Å². The molecule has 0 spiro atoms. The Balaban J connectivity index is 1.47. The maximum Gasteiger partial charge on any atom is 0.255 e. The molecule has 7 heteroatoms. The molecule has 5 rings (SSSR count). The van der Waals surface area contributed by atoms with Gasteiger partial charge in [-0.05, 0) is 36.2 Å². The average Bonchev–Trinajstić information content (AvgIpc) is 3.37. The second-order valence-corrected chi connectivity index (χ2v) is 8.62. The monoisotopic (exact) mass is 428 g/mol. The van der Waals surface area contributed by atoms with Gasteiger partial charge in [0.05, 0.1) is 5.69 Å². The number of amides is 3. The molecule has 1 N–H and O–H groups in total. The second kappa shape index (κ2) is 7.75. The molecule has 1 aromatic heterocycles. The molecule has 162 valence electrons. The van der Waals surface area contributed by atoms with E-state index in [0.29, 0.717) is 18.5 Å². The number of carbonyl (C=O) groups is 3. The summed E-state index contributed by atoms with van der Waals surface area (Å²) >= 11 is 0. The molecule has 2 aromatic carbocycles. The SMILES string of the molecule is CC(C)c1nc(-c2ccc3c(c2)CN(C2CCC(=O)NC2=O)C3=O)cn1-c1ccccc1. The number of aromatic nitrogens is 2. The molecule has 1 unspecified atom stereocenters. The molecule has 1 saturated heterocycles. The Bertz CT molecular complexity index is 1230. The number of imidazole rings is 1. The van der Waals surface area contributed by atoms with Crippen LogP contribution in [0.3, 0.4) is 0 Å². The van der Waals surface area contributed by atoms with Crippen LogP contribution in [0.4, 0.5) is 0 Å². The third-order valence-corrected chi connectivity index (χ3v) is 6.10. The molecule has 3 amide bonds. The molecular formula is C25H24N4O3. The van der Waals surface area contributed by atoms with Gasteiger partial charge in [-0.2, -0.15) is 0 Å². The summed E-state index contributed by atoms with van der Waals surface area (Å²) in [6.07, 6.45) is 2.63. The summed E-state index contributed by atoms with van der Waals surface area (Å²) in [6, 6.07) is 15.2. The maximum absolute atomic E-state index is 12.9. The zero-order valence-electron chi connectivity index (χ0n) is 18.0. The van der Waals surface area contributed by atoms with Gasteiger partial charge in [-0.3, -0.25) is 19.7 Å². The molecule has 0 saturated carbocycles. The van der Waals surface area contributed by atoms with Crippen molar-refractivity contribution in [1.29, 1.82) is 0 Å². The first-order valence-corrected chi connectivity index (χ1v) is 10.8. The minimum absolute atomic E-state index is 0.168. The van der Waals surface area contributed by atoms with Gasteiger partial charge < -0.3 is 9.47 Å². The lowest BCUT2D eigenvalue weighted by molar-refractivity contribution is -0.136. The number of hydrogen-bond donors (Lipinski definition) is 1. The Morgan fingerprint density at radius 3 is 2.56 bits per heavy atom. The summed E-state index contributed by atoms with van der Waals surface area (Å²) in [6.45, 7) is 4.58. The highest BCUT2D eigenvalue weighted by atomic mass is 16.2. The summed E-state index contributed by atoms with van der Waals surface area (Å²) in [7, 11) is 0. The number of rotatable bonds is 4. The molecule has 0 bridgehead atoms. The minimum atomic E-state index is -0.610. The molecule has 2 aliphatic heterocycles. The Morgan fingerprint density at radius 1 is 1.06 bits per heavy atom. The maximum atomic E-state index is 12.9. The van der Waals surface area contributed by atoms with Crippen LogP contribution in [0.5, 0.6) is 0 Å². The van der Waals surface area contributed by atoms with Gasteiger partial charge in [0.15, 0.2) is 0 Å². The average molecular weight is 428 g/mol. The van der Waals surface area contributed by atoms with Crippen LogP contribution >= 0.6 is 0 Å². The fourth-order valence-corrected chi connectivity index (χ4v) is 4.47. The van der Waals surface area contributed by atoms with Crippen molar-refractivity contribution in [2.45, 2.75) is 45.2 Å². The van der Waals surface area contributed by atoms with Crippen molar-refractivity contribution in [1.82, 2.24) is 19.8 Å². The first-order chi connectivity index (χ1) is 15.4. The standard InChI is InChI=1S/C25H24N4O3/c1-15(2)23-26-20(14-28(23)18-6-4-3-5-7-18)16-8-9-19-17(12-16)13-29(25(19)32)21-10-11-22(30)27-24(21)31/h3-9,12,14-15,21H,10-11,13H2,1-2H3,(H,27,30,31). The highest BCUT2D eigenvalue weighted by Crippen LogP contribution is 2.32. The summed E-state index contributed by atoms with van der Waals surface area (Å²) in [5.41, 5.74) is 4.29. The lowest BCUT2D eigenvalue weighted by atomic mass is 10.0. The van der Waals surface area contributed by atoms with Crippen LogP contribution in [-0.4, -0.2) is 38.2 Å². The number of benzene rings is 2. The number of nitrogens with zero attached hydrogens (tertiary/aromatic N) is 3. The quantitative estimate of drug-likeness (QED) is 0.646. The summed E-state index contributed by atoms with van der Waals surface area (Å²) in [5.74, 6) is 0.355. The van der Waals surface area contributed by atoms with Gasteiger partial charge in [-0.1, -0.05) is 38.1 Å². The third-order valence-electron chi connectivity index (χ3n) is 6.10. The molecule has 0 aliphatic carbocycles. The number of fused-ring (bicyclic) bond motifs is 1. The second-order valence-electron chi connectivity index (χ2n) is 8.62. The molecule has 1 atom stereocenters. The fourth-order valence-electron chi connectivity index (χ4n) is 4.47. The van der Waals surface area contributed by atoms with E-state index in [9.17, 15) is 14.4 Å². The normalized spacial score (nSPS) is 18.3. The lowest BCUT2D eigenvalue weighted by Crippen LogP contribution is -2.52. The van der Waals surface area contributed by atoms with E-state index in [2.05, 4.69) is 35.9 Å². The van der Waals surface area contributed by atoms with Gasteiger partial charge in [-0.15, -0.1) is 0 Å². The fraction of sp³-hybridized carbons (Fsp3) is 0.280. The summed E-state index contributed by atoms with van der Waals surface area (Å²) in [5, 5.41) is 2.34. The van der Waals surface area contributed by atoms with E-state index >= 15 is 0 Å². The Labute approximate surface area is 186 Å². The highest BCUT2D eigenvalue weighted by Gasteiger charge is 2.39. The zero-order chi connectivity index (χ0) is 22.4. The number of nitrogens with one attached hydrogen (secondary N) is 1. The molecule has 32 heavy (non-hydrogen) atoms. The van der Waals surface area contributed by atoms with Crippen LogP contribution in [0.25, 0.3) is 16.9 Å². The number of hydrogen-bond acceptors (Lipinski definition) is 4. The summed E-state index contributed by atoms with van der Waals surface area (Å²) < 4.78 is 2.11. The summed E-state index contributed by atoms with van der Waals surface area (Å²) in [4.78, 5) is 43.2. The van der Waals surface area contributed by atoms with Crippen LogP contribution in [-0.2, 0) is 16.1 Å². The van der Waals surface area contributed by atoms with Crippen molar-refractivity contribution >= 4 is 17.7 Å². The topological polar surface area (TPSA) is 84.3 Å². The van der Waals surface area contributed by atoms with Gasteiger partial charge in [0.25, 0.3) is 5.91 Å². The number of piperidine rings is 1. The molecule has 7 nitrogen and oxygen atoms in total. The Morgan fingerprint density at radius 2 is 1.84 bits per heavy atom. The van der Waals surface area contributed by atoms with Crippen LogP contribution in [0, 0.1) is 0 Å². The van der Waals surface area contributed by atoms with Gasteiger partial charge >= 0.3 is 0 Å². The Kier molecular flexibility index (Phi) is 4.89. The van der Waals surface area contributed by atoms with E-state index in [1.807, 2.05) is 42.6 Å². The van der Waals surface area contributed by atoms with E-state index in [4.69, 9.17) is 4.98 Å². The highest BCUT2D eigenvalue weighted by molar-refractivity contribution is 6.05. The molecule has 0 radical (unpaired) electrons. The number of carbonyl (C=O) groups excluding carboxylic acids is 3. The molecule has 1 fully saturated rings. The van der Waals surface area contributed by atoms with Crippen molar-refractivity contribution in [2.75, 3.05) is 0 Å². The van der Waals surface area contributed by atoms with E-state index < -0.39 is 11.9 Å². The zero-order valence-corrected chi connectivity index (χ0v) is 18.0. The van der Waals surface area contributed by atoms with Gasteiger partial charge in [0, 0.05) is 41.9 Å². The predicted octanol–water partition coefficient (Wildman–Crippen LogP) is 3.42. The van der Waals surface area contributed by atoms with Crippen molar-refractivity contribution in [3.8, 4) is 16.9 Å². The third kappa shape index (κ3) is 3.39. The van der Waals surface area contributed by atoms with Crippen molar-refractivity contribution < 1.29 is 14.4 Å². The van der Waals surface area contributed by atoms with Crippen LogP contribution in [0.1, 0.15) is 54.4 Å². The Hall–Kier alpha value is -3.74. The number of para-hydroxylation sites is 1. The van der Waals surface area contributed by atoms with Crippen LogP contribution < -0.4 is 5.32 Å². The van der Waals surface area contributed by atoms with Crippen molar-refractivity contribution in [3.05, 3.63) is 71.7 Å². The van der Waals surface area contributed by atoms with E-state index in [0.717, 1.165) is 28.3 Å². The molecule has 3 heterocycles. The minimum Gasteiger partial charge on any atom is -0.322 e. The smallest absolute Gasteiger partial charge is 0.255 e. The first-order valence-electron chi connectivity index (χ1n) is 10.8. The van der Waals surface area contributed by atoms with E-state index in [1.54, 1.807) is 4.90 Å². The number of imide groups is 1. The van der Waals surface area contributed by atoms with E-state index in [-0.39, 0.29) is 24.2 Å². The largest absolute Gasteiger partial charge is 0.322 e. The van der Waals surface area contributed by atoms with Gasteiger partial charge in [-0.25, -0.2) is 4.98 Å². The molecule has 3 aromatic rings. The van der Waals surface area contributed by atoms with Crippen molar-refractivity contribution in [2.24, 2.45) is 0 Å². The predicted molar refractivity (Wildman–Crippen MR) is 119 cm³/mol. The van der Waals surface area contributed by atoms with Crippen LogP contribution in [0.2, 0.25) is 0 Å². The van der Waals surface area contributed by atoms with E-state index in [1.165, 1.54) is 0 Å². The van der Waals surface area contributed by atoms with Crippen LogP contribution in [0.15, 0.2) is 54.7 Å². The lowest BCUT2D eigenvalue weighted by Gasteiger charge is -2.29. The van der Waals surface area contributed by atoms with Gasteiger partial charge in [0.2, 0.25) is 11.8 Å². The molecular weight excluding hydrogens is 404 g/mol. The first kappa shape index (κ1) is 20.2.